The van der Waals surface area contributed by atoms with Crippen LogP contribution >= 0.6 is 0 Å². The molecule has 0 aromatic carbocycles. The number of methoxy groups -OCH3 is 1. The zero-order valence-electron chi connectivity index (χ0n) is 11.3. The fourth-order valence-electron chi connectivity index (χ4n) is 1.87. The number of rotatable bonds is 10. The van der Waals surface area contributed by atoms with E-state index in [0.717, 1.165) is 18.6 Å². The van der Waals surface area contributed by atoms with Gasteiger partial charge in [0.15, 0.2) is 0 Å². The summed E-state index contributed by atoms with van der Waals surface area (Å²) in [6.07, 6.45) is 12.0. The summed E-state index contributed by atoms with van der Waals surface area (Å²) in [6.45, 7) is 4.35. The van der Waals surface area contributed by atoms with Gasteiger partial charge in [-0.15, -0.1) is 0 Å². The number of allylic oxidation sites excluding steroid dienone is 1. The van der Waals surface area contributed by atoms with Gasteiger partial charge in [0, 0.05) is 0 Å². The lowest BCUT2D eigenvalue weighted by atomic mass is 10.0. The molecule has 0 radical (unpaired) electrons. The molecule has 0 aliphatic carbocycles. The van der Waals surface area contributed by atoms with Crippen LogP contribution in [0.3, 0.4) is 0 Å². The van der Waals surface area contributed by atoms with E-state index in [-0.39, 0.29) is 6.04 Å². The van der Waals surface area contributed by atoms with Crippen LogP contribution in [0, 0.1) is 0 Å². The van der Waals surface area contributed by atoms with E-state index >= 15 is 0 Å². The van der Waals surface area contributed by atoms with Crippen LogP contribution < -0.4 is 5.73 Å². The van der Waals surface area contributed by atoms with Gasteiger partial charge in [-0.05, 0) is 18.9 Å². The molecule has 0 fully saturated rings. The summed E-state index contributed by atoms with van der Waals surface area (Å²) < 4.78 is 5.28. The molecule has 2 heteroatoms. The van der Waals surface area contributed by atoms with E-state index < -0.39 is 0 Å². The van der Waals surface area contributed by atoms with Crippen molar-refractivity contribution in [2.24, 2.45) is 5.73 Å². The molecule has 0 heterocycles. The Hall–Kier alpha value is -0.500. The Labute approximate surface area is 101 Å². The minimum Gasteiger partial charge on any atom is -0.500 e. The quantitative estimate of drug-likeness (QED) is 0.452. The predicted molar refractivity (Wildman–Crippen MR) is 71.4 cm³/mol. The second-order valence-corrected chi connectivity index (χ2v) is 4.38. The summed E-state index contributed by atoms with van der Waals surface area (Å²) in [5, 5.41) is 0. The Balaban J connectivity index is 3.55. The zero-order chi connectivity index (χ0) is 12.2. The van der Waals surface area contributed by atoms with Gasteiger partial charge in [-0.2, -0.15) is 0 Å². The van der Waals surface area contributed by atoms with Gasteiger partial charge in [0.1, 0.15) is 5.76 Å². The molecule has 0 aliphatic rings. The SMILES string of the molecule is CC/C=C(\OC)C(N)CCCCCCCC. The third kappa shape index (κ3) is 7.75. The molecule has 0 aliphatic heterocycles. The Morgan fingerprint density at radius 1 is 1.12 bits per heavy atom. The van der Waals surface area contributed by atoms with Crippen LogP contribution in [0.4, 0.5) is 0 Å². The van der Waals surface area contributed by atoms with Gasteiger partial charge in [-0.3, -0.25) is 0 Å². The number of ether oxygens (including phenoxy) is 1. The first-order valence-electron chi connectivity index (χ1n) is 6.75. The van der Waals surface area contributed by atoms with E-state index in [9.17, 15) is 0 Å². The lowest BCUT2D eigenvalue weighted by Crippen LogP contribution is -2.23. The molecule has 0 aromatic heterocycles. The molecule has 2 nitrogen and oxygen atoms in total. The number of hydrogen-bond acceptors (Lipinski definition) is 2. The second-order valence-electron chi connectivity index (χ2n) is 4.38. The normalized spacial score (nSPS) is 13.9. The molecule has 0 saturated carbocycles. The minimum atomic E-state index is 0.0936. The molecule has 0 aromatic rings. The van der Waals surface area contributed by atoms with Crippen LogP contribution in [-0.2, 0) is 4.74 Å². The van der Waals surface area contributed by atoms with Gasteiger partial charge in [0.25, 0.3) is 0 Å². The molecule has 0 rings (SSSR count). The van der Waals surface area contributed by atoms with Gasteiger partial charge < -0.3 is 10.5 Å². The average molecular weight is 227 g/mol. The first kappa shape index (κ1) is 15.5. The molecule has 0 amide bonds. The van der Waals surface area contributed by atoms with E-state index in [0.29, 0.717) is 0 Å². The monoisotopic (exact) mass is 227 g/mol. The molecule has 96 valence electrons. The number of nitrogens with two attached hydrogens (primary N) is 1. The fraction of sp³-hybridized carbons (Fsp3) is 0.857. The first-order valence-corrected chi connectivity index (χ1v) is 6.75. The molecule has 1 unspecified atom stereocenters. The van der Waals surface area contributed by atoms with Gasteiger partial charge in [0.2, 0.25) is 0 Å². The maximum atomic E-state index is 6.06. The summed E-state index contributed by atoms with van der Waals surface area (Å²) in [4.78, 5) is 0. The molecule has 0 spiro atoms. The van der Waals surface area contributed by atoms with Crippen molar-refractivity contribution in [3.8, 4) is 0 Å². The topological polar surface area (TPSA) is 35.2 Å². The maximum Gasteiger partial charge on any atom is 0.108 e. The molecule has 2 N–H and O–H groups in total. The van der Waals surface area contributed by atoms with E-state index in [1.807, 2.05) is 0 Å². The zero-order valence-corrected chi connectivity index (χ0v) is 11.3. The van der Waals surface area contributed by atoms with Crippen LogP contribution in [0.2, 0.25) is 0 Å². The van der Waals surface area contributed by atoms with Gasteiger partial charge in [-0.1, -0.05) is 52.4 Å². The van der Waals surface area contributed by atoms with Crippen molar-refractivity contribution in [3.05, 3.63) is 11.8 Å². The number of hydrogen-bond donors (Lipinski definition) is 1. The molecule has 0 bridgehead atoms. The van der Waals surface area contributed by atoms with E-state index in [4.69, 9.17) is 10.5 Å². The van der Waals surface area contributed by atoms with Crippen molar-refractivity contribution in [2.75, 3.05) is 7.11 Å². The second kappa shape index (κ2) is 11.0. The smallest absolute Gasteiger partial charge is 0.108 e. The van der Waals surface area contributed by atoms with Gasteiger partial charge >= 0.3 is 0 Å². The van der Waals surface area contributed by atoms with Crippen molar-refractivity contribution in [1.82, 2.24) is 0 Å². The highest BCUT2D eigenvalue weighted by atomic mass is 16.5. The minimum absolute atomic E-state index is 0.0936. The summed E-state index contributed by atoms with van der Waals surface area (Å²) in [5.41, 5.74) is 6.06. The Morgan fingerprint density at radius 3 is 2.31 bits per heavy atom. The van der Waals surface area contributed by atoms with E-state index in [1.165, 1.54) is 38.5 Å². The third-order valence-corrected chi connectivity index (χ3v) is 2.88. The summed E-state index contributed by atoms with van der Waals surface area (Å²) >= 11 is 0. The molecule has 16 heavy (non-hydrogen) atoms. The lowest BCUT2D eigenvalue weighted by molar-refractivity contribution is 0.257. The van der Waals surface area contributed by atoms with Crippen LogP contribution in [0.15, 0.2) is 11.8 Å². The average Bonchev–Trinajstić information content (AvgIpc) is 2.30. The molecular formula is C14H29NO. The molecular weight excluding hydrogens is 198 g/mol. The summed E-state index contributed by atoms with van der Waals surface area (Å²) in [7, 11) is 1.71. The largest absolute Gasteiger partial charge is 0.500 e. The van der Waals surface area contributed by atoms with Crippen molar-refractivity contribution >= 4 is 0 Å². The highest BCUT2D eigenvalue weighted by Gasteiger charge is 2.08. The van der Waals surface area contributed by atoms with E-state index in [1.54, 1.807) is 7.11 Å². The fourth-order valence-corrected chi connectivity index (χ4v) is 1.87. The van der Waals surface area contributed by atoms with Crippen molar-refractivity contribution in [1.29, 1.82) is 0 Å². The lowest BCUT2D eigenvalue weighted by Gasteiger charge is -2.14. The van der Waals surface area contributed by atoms with Crippen molar-refractivity contribution in [3.63, 3.8) is 0 Å². The highest BCUT2D eigenvalue weighted by molar-refractivity contribution is 5.01. The predicted octanol–water partition coefficient (Wildman–Crippen LogP) is 4.00. The third-order valence-electron chi connectivity index (χ3n) is 2.88. The van der Waals surface area contributed by atoms with Crippen LogP contribution in [0.5, 0.6) is 0 Å². The highest BCUT2D eigenvalue weighted by Crippen LogP contribution is 2.12. The van der Waals surface area contributed by atoms with Gasteiger partial charge in [-0.25, -0.2) is 0 Å². The van der Waals surface area contributed by atoms with Crippen molar-refractivity contribution in [2.45, 2.75) is 71.3 Å². The van der Waals surface area contributed by atoms with E-state index in [2.05, 4.69) is 19.9 Å². The molecule has 0 saturated heterocycles. The van der Waals surface area contributed by atoms with Gasteiger partial charge in [0.05, 0.1) is 13.2 Å². The Bertz CT molecular complexity index is 178. The van der Waals surface area contributed by atoms with Crippen LogP contribution in [0.25, 0.3) is 0 Å². The van der Waals surface area contributed by atoms with Crippen LogP contribution in [-0.4, -0.2) is 13.2 Å². The Kier molecular flexibility index (Phi) is 10.7. The summed E-state index contributed by atoms with van der Waals surface area (Å²) in [6, 6.07) is 0.0936. The van der Waals surface area contributed by atoms with Crippen molar-refractivity contribution < 1.29 is 4.74 Å². The standard InChI is InChI=1S/C14H29NO/c1-4-6-7-8-9-10-12-13(15)14(16-3)11-5-2/h11,13H,4-10,12,15H2,1-3H3/b14-11-. The number of unbranched alkanes of at least 4 members (excludes halogenated alkanes) is 5. The summed E-state index contributed by atoms with van der Waals surface area (Å²) in [5.74, 6) is 0.955. The molecule has 1 atom stereocenters. The van der Waals surface area contributed by atoms with Crippen LogP contribution in [0.1, 0.15) is 65.2 Å². The first-order chi connectivity index (χ1) is 7.76. The Morgan fingerprint density at radius 2 is 1.75 bits per heavy atom. The maximum absolute atomic E-state index is 6.06.